The molecule has 60 heavy (non-hydrogen) atoms. The van der Waals surface area contributed by atoms with E-state index in [0.29, 0.717) is 23.3 Å². The predicted octanol–water partition coefficient (Wildman–Crippen LogP) is -3.17. The van der Waals surface area contributed by atoms with E-state index in [1.165, 1.54) is 43.0 Å². The van der Waals surface area contributed by atoms with Gasteiger partial charge in [-0.05, 0) is 61.5 Å². The van der Waals surface area contributed by atoms with Gasteiger partial charge < -0.3 is 65.0 Å². The molecule has 2 rings (SSSR count). The molecule has 0 spiro atoms. The summed E-state index contributed by atoms with van der Waals surface area (Å²) in [6.07, 6.45) is 1.31. The smallest absolute Gasteiger partial charge is 0.322 e. The van der Waals surface area contributed by atoms with Crippen molar-refractivity contribution in [3.05, 3.63) is 65.7 Å². The fourth-order valence-corrected chi connectivity index (χ4v) is 5.97. The first-order valence-corrected chi connectivity index (χ1v) is 20.2. The first-order chi connectivity index (χ1) is 28.4. The fraction of sp³-hybridized carbons (Fsp3) is 0.447. The van der Waals surface area contributed by atoms with Gasteiger partial charge in [-0.1, -0.05) is 42.5 Å². The minimum Gasteiger partial charge on any atom is -0.508 e. The first kappa shape index (κ1) is 49.7. The van der Waals surface area contributed by atoms with E-state index < -0.39 is 96.5 Å². The zero-order chi connectivity index (χ0) is 44.8. The number of thioether (sulfide) groups is 1. The van der Waals surface area contributed by atoms with Crippen LogP contribution in [0.4, 0.5) is 0 Å². The molecule has 21 nitrogen and oxygen atoms in total. The molecular weight excluding hydrogens is 803 g/mol. The van der Waals surface area contributed by atoms with E-state index in [9.17, 15) is 43.5 Å². The number of carboxylic acid groups (broad SMARTS) is 1. The van der Waals surface area contributed by atoms with Crippen molar-refractivity contribution in [1.29, 1.82) is 0 Å². The second-order valence-corrected chi connectivity index (χ2v) is 14.6. The highest BCUT2D eigenvalue weighted by atomic mass is 32.2. The number of aromatic hydroxyl groups is 1. The van der Waals surface area contributed by atoms with Crippen molar-refractivity contribution in [3.8, 4) is 5.75 Å². The molecule has 0 saturated carbocycles. The zero-order valence-electron chi connectivity index (χ0n) is 33.3. The van der Waals surface area contributed by atoms with E-state index in [2.05, 4.69) is 36.9 Å². The number of nitrogens with zero attached hydrogens (tertiary/aromatic N) is 1. The standard InChI is InChI=1S/C38H55N11O10S/c1-21(45-33(55)25(39)14-16-60-2)32(54)47-27(18-23-10-12-24(50)13-11-23)36(58)46-26(9-6-15-43-38(41)42)35(57)48-28(17-22-7-4-3-5-8-22)37(59)49-29(19-30(40)51)34(56)44-20-31(52)53/h3-5,7-8,10-13,21,25-29,50H,6,9,14-20,39H2,1-2H3,(H2,40,51)(H,44,56)(H,45,55)(H,46,58)(H,47,54)(H,48,57)(H,49,59)(H,52,53)(H4,41,42,43)/t21-,25-,26-,27-,28-,29-/m0/s1. The molecule has 16 N–H and O–H groups in total. The number of phenols is 1. The number of benzene rings is 2. The van der Waals surface area contributed by atoms with Gasteiger partial charge in [0.25, 0.3) is 0 Å². The van der Waals surface area contributed by atoms with Crippen molar-refractivity contribution in [1.82, 2.24) is 31.9 Å². The summed E-state index contributed by atoms with van der Waals surface area (Å²) in [6, 6.07) is 6.45. The Kier molecular flexibility index (Phi) is 21.4. The van der Waals surface area contributed by atoms with Gasteiger partial charge in [0.05, 0.1) is 12.5 Å². The SMILES string of the molecule is CSCC[C@H](N)C(=O)N[C@@H](C)C(=O)N[C@@H](Cc1ccc(O)cc1)C(=O)N[C@@H](CCCN=C(N)N)C(=O)N[C@@H](Cc1ccccc1)C(=O)N[C@@H](CC(N)=O)C(=O)NCC(=O)O. The van der Waals surface area contributed by atoms with Crippen molar-refractivity contribution in [2.75, 3.05) is 25.1 Å². The Morgan fingerprint density at radius 1 is 0.683 bits per heavy atom. The minimum absolute atomic E-state index is 0.0418. The van der Waals surface area contributed by atoms with Crippen molar-refractivity contribution < 1.29 is 48.6 Å². The topological polar surface area (TPSA) is 366 Å². The average Bonchev–Trinajstić information content (AvgIpc) is 3.19. The van der Waals surface area contributed by atoms with Crippen LogP contribution in [0.5, 0.6) is 5.75 Å². The zero-order valence-corrected chi connectivity index (χ0v) is 34.2. The number of carbonyl (C=O) groups is 8. The van der Waals surface area contributed by atoms with Crippen LogP contribution in [0.1, 0.15) is 43.7 Å². The molecule has 7 amide bonds. The van der Waals surface area contributed by atoms with Gasteiger partial charge in [-0.3, -0.25) is 43.3 Å². The number of hydrogen-bond donors (Lipinski definition) is 12. The minimum atomic E-state index is -1.61. The summed E-state index contributed by atoms with van der Waals surface area (Å²) in [5, 5.41) is 33.6. The van der Waals surface area contributed by atoms with E-state index in [4.69, 9.17) is 28.0 Å². The Bertz CT molecular complexity index is 1810. The van der Waals surface area contributed by atoms with Gasteiger partial charge in [0.15, 0.2) is 5.96 Å². The molecule has 2 aromatic carbocycles. The molecule has 0 aliphatic carbocycles. The molecule has 22 heteroatoms. The highest BCUT2D eigenvalue weighted by Crippen LogP contribution is 2.13. The highest BCUT2D eigenvalue weighted by Gasteiger charge is 2.33. The number of aliphatic imine (C=N–C) groups is 1. The van der Waals surface area contributed by atoms with Crippen LogP contribution in [0.3, 0.4) is 0 Å². The Morgan fingerprint density at radius 3 is 1.77 bits per heavy atom. The first-order valence-electron chi connectivity index (χ1n) is 18.8. The number of aliphatic carboxylic acids is 1. The van der Waals surface area contributed by atoms with Gasteiger partial charge in [0.2, 0.25) is 41.4 Å². The fourth-order valence-electron chi connectivity index (χ4n) is 5.48. The number of nitrogens with two attached hydrogens (primary N) is 4. The number of primary amides is 1. The summed E-state index contributed by atoms with van der Waals surface area (Å²) < 4.78 is 0. The molecule has 0 radical (unpaired) electrons. The molecule has 0 aliphatic heterocycles. The number of rotatable bonds is 26. The summed E-state index contributed by atoms with van der Waals surface area (Å²) in [4.78, 5) is 108. The molecule has 0 unspecified atom stereocenters. The van der Waals surface area contributed by atoms with Crippen molar-refractivity contribution in [2.24, 2.45) is 27.9 Å². The number of nitrogens with one attached hydrogen (secondary N) is 6. The van der Waals surface area contributed by atoms with Gasteiger partial charge >= 0.3 is 5.97 Å². The van der Waals surface area contributed by atoms with Gasteiger partial charge in [0, 0.05) is 19.4 Å². The van der Waals surface area contributed by atoms with Gasteiger partial charge in [-0.15, -0.1) is 0 Å². The lowest BCUT2D eigenvalue weighted by atomic mass is 10.0. The maximum Gasteiger partial charge on any atom is 0.322 e. The maximum absolute atomic E-state index is 14.1. The lowest BCUT2D eigenvalue weighted by Crippen LogP contribution is -2.60. The summed E-state index contributed by atoms with van der Waals surface area (Å²) in [5.41, 5.74) is 23.3. The highest BCUT2D eigenvalue weighted by molar-refractivity contribution is 7.98. The Morgan fingerprint density at radius 2 is 1.22 bits per heavy atom. The van der Waals surface area contributed by atoms with E-state index in [-0.39, 0.29) is 43.9 Å². The molecule has 0 heterocycles. The van der Waals surface area contributed by atoms with Crippen LogP contribution < -0.4 is 54.8 Å². The molecular formula is C38H55N11O10S. The molecule has 0 bridgehead atoms. The number of amides is 7. The molecule has 0 fully saturated rings. The molecule has 0 aliphatic rings. The van der Waals surface area contributed by atoms with E-state index >= 15 is 0 Å². The Hall–Kier alpha value is -6.42. The van der Waals surface area contributed by atoms with Crippen LogP contribution in [0, 0.1) is 0 Å². The monoisotopic (exact) mass is 857 g/mol. The Labute approximate surface area is 351 Å². The van der Waals surface area contributed by atoms with Crippen LogP contribution in [0.2, 0.25) is 0 Å². The maximum atomic E-state index is 14.1. The Balaban J connectivity index is 2.45. The van der Waals surface area contributed by atoms with Crippen molar-refractivity contribution in [3.63, 3.8) is 0 Å². The quantitative estimate of drug-likeness (QED) is 0.0252. The molecule has 2 aromatic rings. The summed E-state index contributed by atoms with van der Waals surface area (Å²) in [7, 11) is 0. The van der Waals surface area contributed by atoms with Crippen LogP contribution in [-0.2, 0) is 51.2 Å². The number of phenolic OH excluding ortho intramolecular Hbond substituents is 1. The molecule has 0 aromatic heterocycles. The van der Waals surface area contributed by atoms with Crippen molar-refractivity contribution >= 4 is 65.0 Å². The van der Waals surface area contributed by atoms with Crippen molar-refractivity contribution in [2.45, 2.75) is 81.7 Å². The average molecular weight is 858 g/mol. The lowest BCUT2D eigenvalue weighted by Gasteiger charge is -2.27. The summed E-state index contributed by atoms with van der Waals surface area (Å²) in [6.45, 7) is 0.634. The van der Waals surface area contributed by atoms with E-state index in [1.807, 2.05) is 6.26 Å². The van der Waals surface area contributed by atoms with Gasteiger partial charge in [0.1, 0.15) is 42.5 Å². The predicted molar refractivity (Wildman–Crippen MR) is 223 cm³/mol. The van der Waals surface area contributed by atoms with E-state index in [0.717, 1.165) is 0 Å². The van der Waals surface area contributed by atoms with Crippen LogP contribution in [0.25, 0.3) is 0 Å². The molecule has 328 valence electrons. The largest absolute Gasteiger partial charge is 0.508 e. The number of carbonyl (C=O) groups excluding carboxylic acids is 7. The number of hydrogen-bond acceptors (Lipinski definition) is 12. The molecule has 6 atom stereocenters. The van der Waals surface area contributed by atoms with Gasteiger partial charge in [-0.2, -0.15) is 11.8 Å². The van der Waals surface area contributed by atoms with Gasteiger partial charge in [-0.25, -0.2) is 0 Å². The lowest BCUT2D eigenvalue weighted by molar-refractivity contribution is -0.139. The third-order valence-corrected chi connectivity index (χ3v) is 9.32. The van der Waals surface area contributed by atoms with Crippen LogP contribution in [-0.4, -0.2) is 125 Å². The third kappa shape index (κ3) is 18.9. The number of carboxylic acids is 1. The molecule has 0 saturated heterocycles. The second kappa shape index (κ2) is 25.8. The number of guanidine groups is 1. The second-order valence-electron chi connectivity index (χ2n) is 13.7. The summed E-state index contributed by atoms with van der Waals surface area (Å²) >= 11 is 1.50. The van der Waals surface area contributed by atoms with E-state index in [1.54, 1.807) is 30.3 Å². The summed E-state index contributed by atoms with van der Waals surface area (Å²) in [5.74, 6) is -7.03. The van der Waals surface area contributed by atoms with Crippen LogP contribution in [0.15, 0.2) is 59.6 Å². The normalized spacial score (nSPS) is 13.7. The van der Waals surface area contributed by atoms with Crippen LogP contribution >= 0.6 is 11.8 Å². The third-order valence-electron chi connectivity index (χ3n) is 8.68.